The minimum Gasteiger partial charge on any atom is -0.273 e. The summed E-state index contributed by atoms with van der Waals surface area (Å²) in [7, 11) is 0. The molecule has 2 aromatic carbocycles. The van der Waals surface area contributed by atoms with Crippen LogP contribution < -0.4 is 9.96 Å². The van der Waals surface area contributed by atoms with Gasteiger partial charge in [-0.05, 0) is 35.7 Å². The largest absolute Gasteiger partial charge is 0.273 e. The molecule has 3 unspecified atom stereocenters. The van der Waals surface area contributed by atoms with Gasteiger partial charge in [0, 0.05) is 17.0 Å². The number of non-ortho nitro benzene ring substituents is 1. The van der Waals surface area contributed by atoms with Crippen molar-refractivity contribution in [2.45, 2.75) is 12.1 Å². The van der Waals surface area contributed by atoms with Crippen LogP contribution in [0, 0.1) is 16.0 Å². The van der Waals surface area contributed by atoms with Gasteiger partial charge >= 0.3 is 0 Å². The highest BCUT2D eigenvalue weighted by molar-refractivity contribution is 7.10. The Bertz CT molecular complexity index is 1120. The zero-order valence-corrected chi connectivity index (χ0v) is 16.3. The molecule has 0 N–H and O–H groups in total. The number of hydrogen-bond donors (Lipinski definition) is 0. The van der Waals surface area contributed by atoms with Crippen molar-refractivity contribution >= 4 is 40.2 Å². The van der Waals surface area contributed by atoms with Crippen molar-refractivity contribution in [1.82, 2.24) is 0 Å². The molecule has 9 heteroatoms. The standard InChI is InChI=1S/C21H15N3O5S/c25-20-17-18(16-7-4-12-30-16)23(14-5-2-1-3-6-14)29-19(17)21(26)22(20)13-8-10-15(11-9-13)24(27)28/h1-12,17-19H. The first-order valence-corrected chi connectivity index (χ1v) is 10.1. The average Bonchev–Trinajstić information content (AvgIpc) is 3.46. The molecule has 0 radical (unpaired) electrons. The number of anilines is 2. The minimum atomic E-state index is -0.958. The summed E-state index contributed by atoms with van der Waals surface area (Å²) in [5.74, 6) is -1.57. The van der Waals surface area contributed by atoms with E-state index in [2.05, 4.69) is 0 Å². The highest BCUT2D eigenvalue weighted by Gasteiger charge is 2.60. The maximum Gasteiger partial charge on any atom is 0.269 e. The van der Waals surface area contributed by atoms with Crippen molar-refractivity contribution in [3.8, 4) is 0 Å². The molecule has 150 valence electrons. The fraction of sp³-hybridized carbons (Fsp3) is 0.143. The zero-order chi connectivity index (χ0) is 20.8. The van der Waals surface area contributed by atoms with E-state index in [1.54, 1.807) is 5.06 Å². The van der Waals surface area contributed by atoms with Crippen LogP contribution in [0.4, 0.5) is 17.1 Å². The lowest BCUT2D eigenvalue weighted by Gasteiger charge is -2.27. The van der Waals surface area contributed by atoms with E-state index < -0.39 is 28.9 Å². The molecule has 2 saturated heterocycles. The van der Waals surface area contributed by atoms with Crippen molar-refractivity contribution in [2.24, 2.45) is 5.92 Å². The molecule has 8 nitrogen and oxygen atoms in total. The molecule has 0 saturated carbocycles. The van der Waals surface area contributed by atoms with Gasteiger partial charge < -0.3 is 0 Å². The van der Waals surface area contributed by atoms with E-state index >= 15 is 0 Å². The van der Waals surface area contributed by atoms with Crippen LogP contribution >= 0.6 is 11.3 Å². The first-order valence-electron chi connectivity index (χ1n) is 9.23. The van der Waals surface area contributed by atoms with Crippen LogP contribution in [0.2, 0.25) is 0 Å². The summed E-state index contributed by atoms with van der Waals surface area (Å²) in [4.78, 5) is 44.9. The second-order valence-electron chi connectivity index (χ2n) is 6.96. The van der Waals surface area contributed by atoms with E-state index in [1.807, 2.05) is 47.8 Å². The number of thiophene rings is 1. The summed E-state index contributed by atoms with van der Waals surface area (Å²) >= 11 is 1.49. The van der Waals surface area contributed by atoms with Gasteiger partial charge in [-0.15, -0.1) is 11.3 Å². The number of imide groups is 1. The number of nitro benzene ring substituents is 1. The van der Waals surface area contributed by atoms with E-state index in [9.17, 15) is 19.7 Å². The Hall–Kier alpha value is -3.56. The fourth-order valence-corrected chi connectivity index (χ4v) is 4.79. The third-order valence-electron chi connectivity index (χ3n) is 5.28. The molecule has 2 amide bonds. The van der Waals surface area contributed by atoms with Gasteiger partial charge in [-0.2, -0.15) is 0 Å². The topological polar surface area (TPSA) is 93.0 Å². The number of rotatable bonds is 4. The van der Waals surface area contributed by atoms with Gasteiger partial charge in [0.2, 0.25) is 5.91 Å². The van der Waals surface area contributed by atoms with Crippen molar-refractivity contribution in [3.63, 3.8) is 0 Å². The van der Waals surface area contributed by atoms with Crippen LogP contribution in [0.25, 0.3) is 0 Å². The Morgan fingerprint density at radius 1 is 0.900 bits per heavy atom. The summed E-state index contributed by atoms with van der Waals surface area (Å²) in [6, 6.07) is 18.1. The molecule has 0 aliphatic carbocycles. The summed E-state index contributed by atoms with van der Waals surface area (Å²) in [6.07, 6.45) is -0.958. The lowest BCUT2D eigenvalue weighted by Crippen LogP contribution is -2.37. The van der Waals surface area contributed by atoms with Crippen LogP contribution in [0.5, 0.6) is 0 Å². The smallest absolute Gasteiger partial charge is 0.269 e. The molecule has 2 fully saturated rings. The Labute approximate surface area is 175 Å². The Kier molecular flexibility index (Phi) is 4.34. The maximum absolute atomic E-state index is 13.4. The Balaban J connectivity index is 1.53. The van der Waals surface area contributed by atoms with Crippen LogP contribution in [-0.4, -0.2) is 22.8 Å². The van der Waals surface area contributed by atoms with Gasteiger partial charge in [0.15, 0.2) is 6.10 Å². The van der Waals surface area contributed by atoms with Gasteiger partial charge in [0.05, 0.1) is 16.3 Å². The van der Waals surface area contributed by atoms with Crippen molar-refractivity contribution < 1.29 is 19.3 Å². The van der Waals surface area contributed by atoms with Crippen molar-refractivity contribution in [1.29, 1.82) is 0 Å². The van der Waals surface area contributed by atoms with Gasteiger partial charge in [0.25, 0.3) is 11.6 Å². The Morgan fingerprint density at radius 3 is 2.27 bits per heavy atom. The molecule has 3 atom stereocenters. The second kappa shape index (κ2) is 7.05. The molecule has 0 bridgehead atoms. The quantitative estimate of drug-likeness (QED) is 0.362. The highest BCUT2D eigenvalue weighted by Crippen LogP contribution is 2.48. The number of amides is 2. The number of hydroxylamine groups is 1. The van der Waals surface area contributed by atoms with E-state index in [0.29, 0.717) is 5.69 Å². The molecule has 2 aliphatic heterocycles. The normalized spacial score (nSPS) is 23.1. The molecule has 2 aliphatic rings. The number of hydrogen-bond acceptors (Lipinski definition) is 7. The average molecular weight is 421 g/mol. The van der Waals surface area contributed by atoms with Gasteiger partial charge in [-0.3, -0.25) is 24.5 Å². The molecule has 3 heterocycles. The van der Waals surface area contributed by atoms with Gasteiger partial charge in [-0.1, -0.05) is 24.3 Å². The number of para-hydroxylation sites is 1. The van der Waals surface area contributed by atoms with E-state index in [4.69, 9.17) is 4.84 Å². The third kappa shape index (κ3) is 2.78. The van der Waals surface area contributed by atoms with Crippen LogP contribution in [0.15, 0.2) is 72.1 Å². The molecular weight excluding hydrogens is 406 g/mol. The SMILES string of the molecule is O=C1C2ON(c3ccccc3)C(c3cccs3)C2C(=O)N1c1ccc([N+](=O)[O-])cc1. The zero-order valence-electron chi connectivity index (χ0n) is 15.5. The van der Waals surface area contributed by atoms with Crippen LogP contribution in [0.3, 0.4) is 0 Å². The number of fused-ring (bicyclic) bond motifs is 1. The predicted molar refractivity (Wildman–Crippen MR) is 110 cm³/mol. The van der Waals surface area contributed by atoms with E-state index in [0.717, 1.165) is 15.5 Å². The molecular formula is C21H15N3O5S. The molecule has 0 spiro atoms. The first kappa shape index (κ1) is 18.5. The number of carbonyl (C=O) groups is 2. The van der Waals surface area contributed by atoms with Gasteiger partial charge in [-0.25, -0.2) is 9.96 Å². The number of benzene rings is 2. The van der Waals surface area contributed by atoms with Gasteiger partial charge in [0.1, 0.15) is 12.0 Å². The Morgan fingerprint density at radius 2 is 1.63 bits per heavy atom. The summed E-state index contributed by atoms with van der Waals surface area (Å²) in [5.41, 5.74) is 0.943. The number of nitrogens with zero attached hydrogens (tertiary/aromatic N) is 3. The molecule has 5 rings (SSSR count). The first-order chi connectivity index (χ1) is 14.6. The lowest BCUT2D eigenvalue weighted by molar-refractivity contribution is -0.384. The fourth-order valence-electron chi connectivity index (χ4n) is 3.94. The van der Waals surface area contributed by atoms with Crippen LogP contribution in [0.1, 0.15) is 10.9 Å². The monoisotopic (exact) mass is 421 g/mol. The van der Waals surface area contributed by atoms with E-state index in [-0.39, 0.29) is 11.6 Å². The summed E-state index contributed by atoms with van der Waals surface area (Å²) in [5, 5.41) is 14.5. The van der Waals surface area contributed by atoms with Crippen LogP contribution in [-0.2, 0) is 14.4 Å². The highest BCUT2D eigenvalue weighted by atomic mass is 32.1. The molecule has 30 heavy (non-hydrogen) atoms. The number of nitro groups is 1. The van der Waals surface area contributed by atoms with Crippen molar-refractivity contribution in [2.75, 3.05) is 9.96 Å². The summed E-state index contributed by atoms with van der Waals surface area (Å²) in [6.45, 7) is 0. The number of carbonyl (C=O) groups excluding carboxylic acids is 2. The molecule has 1 aromatic heterocycles. The summed E-state index contributed by atoms with van der Waals surface area (Å²) < 4.78 is 0. The molecule has 3 aromatic rings. The minimum absolute atomic E-state index is 0.110. The van der Waals surface area contributed by atoms with Crippen molar-refractivity contribution in [3.05, 3.63) is 87.1 Å². The predicted octanol–water partition coefficient (Wildman–Crippen LogP) is 3.71. The third-order valence-corrected chi connectivity index (χ3v) is 6.22. The second-order valence-corrected chi connectivity index (χ2v) is 7.94. The lowest BCUT2D eigenvalue weighted by atomic mass is 9.95. The van der Waals surface area contributed by atoms with E-state index in [1.165, 1.54) is 35.6 Å². The maximum atomic E-state index is 13.4.